The molecule has 3 atom stereocenters. The number of hydrogen-bond acceptors (Lipinski definition) is 4. The maximum Gasteiger partial charge on any atom is 0.332 e. The van der Waals surface area contributed by atoms with Crippen molar-refractivity contribution in [1.82, 2.24) is 9.80 Å². The molecule has 7 nitrogen and oxygen atoms in total. The maximum atomic E-state index is 13.4. The quantitative estimate of drug-likeness (QED) is 0.679. The fraction of sp³-hybridized carbons (Fsp3) is 0.304. The first-order chi connectivity index (χ1) is 14.8. The largest absolute Gasteiger partial charge is 0.332 e. The number of aryl methyl sites for hydroxylation is 1. The molecule has 31 heavy (non-hydrogen) atoms. The van der Waals surface area contributed by atoms with E-state index in [2.05, 4.69) is 0 Å². The van der Waals surface area contributed by atoms with Crippen LogP contribution in [0.1, 0.15) is 33.5 Å². The number of likely N-dealkylation sites (tertiary alicyclic amines) is 1. The van der Waals surface area contributed by atoms with Gasteiger partial charge in [0.15, 0.2) is 0 Å². The van der Waals surface area contributed by atoms with Gasteiger partial charge in [0.2, 0.25) is 0 Å². The number of anilines is 1. The number of benzene rings is 2. The van der Waals surface area contributed by atoms with Gasteiger partial charge in [0.25, 0.3) is 11.8 Å². The molecule has 8 heteroatoms. The third kappa shape index (κ3) is 2.68. The van der Waals surface area contributed by atoms with E-state index in [9.17, 15) is 19.6 Å². The van der Waals surface area contributed by atoms with Gasteiger partial charge in [-0.25, -0.2) is 9.69 Å². The van der Waals surface area contributed by atoms with Crippen LogP contribution in [0.4, 0.5) is 10.5 Å². The lowest BCUT2D eigenvalue weighted by molar-refractivity contribution is -0.121. The topological polar surface area (TPSA) is 84.7 Å². The van der Waals surface area contributed by atoms with Gasteiger partial charge in [-0.1, -0.05) is 29.3 Å². The summed E-state index contributed by atoms with van der Waals surface area (Å²) in [7, 11) is 0. The van der Waals surface area contributed by atoms with Gasteiger partial charge in [0.1, 0.15) is 12.1 Å². The molecular formula is C23H19ClN4O3. The summed E-state index contributed by atoms with van der Waals surface area (Å²) in [6.45, 7) is 4.02. The molecule has 0 radical (unpaired) electrons. The van der Waals surface area contributed by atoms with Gasteiger partial charge in [0, 0.05) is 12.1 Å². The molecule has 0 spiro atoms. The van der Waals surface area contributed by atoms with Crippen LogP contribution in [0, 0.1) is 25.2 Å². The molecule has 3 aliphatic heterocycles. The Bertz CT molecular complexity index is 1200. The van der Waals surface area contributed by atoms with Crippen molar-refractivity contribution < 1.29 is 14.4 Å². The smallest absolute Gasteiger partial charge is 0.331 e. The molecule has 3 aliphatic rings. The van der Waals surface area contributed by atoms with Crippen molar-refractivity contribution in [2.75, 3.05) is 11.4 Å². The summed E-state index contributed by atoms with van der Waals surface area (Å²) >= 11 is 6.27. The third-order valence-corrected chi connectivity index (χ3v) is 7.00. The van der Waals surface area contributed by atoms with Gasteiger partial charge in [-0.05, 0) is 50.1 Å². The maximum absolute atomic E-state index is 13.4. The number of nitrogens with zero attached hydrogens (tertiary/aromatic N) is 4. The molecule has 0 aromatic heterocycles. The summed E-state index contributed by atoms with van der Waals surface area (Å²) in [6, 6.07) is 10.8. The lowest BCUT2D eigenvalue weighted by atomic mass is 10.1. The predicted molar refractivity (Wildman–Crippen MR) is 114 cm³/mol. The van der Waals surface area contributed by atoms with Crippen LogP contribution in [0.5, 0.6) is 0 Å². The number of rotatable bonds is 2. The zero-order chi connectivity index (χ0) is 22.0. The van der Waals surface area contributed by atoms with Gasteiger partial charge >= 0.3 is 6.03 Å². The first kappa shape index (κ1) is 19.6. The van der Waals surface area contributed by atoms with Crippen molar-refractivity contribution in [1.29, 1.82) is 5.26 Å². The number of amides is 4. The Morgan fingerprint density at radius 2 is 1.97 bits per heavy atom. The lowest BCUT2D eigenvalue weighted by Crippen LogP contribution is -2.54. The van der Waals surface area contributed by atoms with E-state index < -0.39 is 12.1 Å². The number of piperazine rings is 1. The van der Waals surface area contributed by atoms with E-state index in [-0.39, 0.29) is 34.5 Å². The molecule has 2 aromatic carbocycles. The molecule has 2 aromatic rings. The average molecular weight is 435 g/mol. The summed E-state index contributed by atoms with van der Waals surface area (Å²) in [5.41, 5.74) is 2.75. The third-order valence-electron chi connectivity index (χ3n) is 6.51. The average Bonchev–Trinajstić information content (AvgIpc) is 3.41. The van der Waals surface area contributed by atoms with Crippen molar-refractivity contribution in [3.8, 4) is 6.07 Å². The summed E-state index contributed by atoms with van der Waals surface area (Å²) < 4.78 is 0. The second-order valence-corrected chi connectivity index (χ2v) is 8.65. The number of nitriles is 1. The second kappa shape index (κ2) is 6.82. The summed E-state index contributed by atoms with van der Waals surface area (Å²) in [4.78, 5) is 44.2. The Morgan fingerprint density at radius 3 is 2.68 bits per heavy atom. The van der Waals surface area contributed by atoms with E-state index in [1.807, 2.05) is 31.2 Å². The molecular weight excluding hydrogens is 416 g/mol. The highest BCUT2D eigenvalue weighted by Gasteiger charge is 2.63. The number of carbonyl (C=O) groups is 3. The van der Waals surface area contributed by atoms with Crippen LogP contribution < -0.4 is 4.90 Å². The predicted octanol–water partition coefficient (Wildman–Crippen LogP) is 3.26. The molecule has 0 N–H and O–H groups in total. The minimum atomic E-state index is -0.700. The van der Waals surface area contributed by atoms with Crippen LogP contribution in [0.25, 0.3) is 0 Å². The zero-order valence-electron chi connectivity index (χ0n) is 17.0. The summed E-state index contributed by atoms with van der Waals surface area (Å²) in [6.07, 6.45) is 0.598. The van der Waals surface area contributed by atoms with Gasteiger partial charge < -0.3 is 9.80 Å². The fourth-order valence-corrected chi connectivity index (χ4v) is 5.26. The standard InChI is InChI=1S/C23H19ClN4O3/c1-12-4-3-5-14(8-12)21(29)26-11-16-9-18(26)20-22(30)28(23(31)27(16)20)17-7-6-15(10-25)19(24)13(17)2/h3-8,16,18,20H,9,11H2,1-2H3/t16-,18?,20?/m1/s1. The Labute approximate surface area is 184 Å². The number of hydrogen-bond donors (Lipinski definition) is 0. The molecule has 3 fully saturated rings. The van der Waals surface area contributed by atoms with E-state index in [1.54, 1.807) is 28.9 Å². The molecule has 3 saturated heterocycles. The van der Waals surface area contributed by atoms with Gasteiger partial charge in [-0.15, -0.1) is 0 Å². The van der Waals surface area contributed by atoms with Crippen LogP contribution in [-0.2, 0) is 4.79 Å². The van der Waals surface area contributed by atoms with Gasteiger partial charge in [-0.3, -0.25) is 9.59 Å². The molecule has 2 bridgehead atoms. The highest BCUT2D eigenvalue weighted by atomic mass is 35.5. The van der Waals surface area contributed by atoms with Crippen LogP contribution in [0.2, 0.25) is 5.02 Å². The number of urea groups is 1. The Morgan fingerprint density at radius 1 is 1.19 bits per heavy atom. The first-order valence-corrected chi connectivity index (χ1v) is 10.4. The Hall–Kier alpha value is -3.37. The Balaban J connectivity index is 1.47. The monoisotopic (exact) mass is 434 g/mol. The Kier molecular flexibility index (Phi) is 4.31. The zero-order valence-corrected chi connectivity index (χ0v) is 17.8. The molecule has 0 aliphatic carbocycles. The number of fused-ring (bicyclic) bond motifs is 5. The number of imide groups is 1. The molecule has 5 rings (SSSR count). The number of carbonyl (C=O) groups excluding carboxylic acids is 3. The highest BCUT2D eigenvalue weighted by molar-refractivity contribution is 6.33. The molecule has 156 valence electrons. The van der Waals surface area contributed by atoms with Crippen LogP contribution in [0.3, 0.4) is 0 Å². The molecule has 0 saturated carbocycles. The molecule has 4 amide bonds. The minimum Gasteiger partial charge on any atom is -0.331 e. The van der Waals surface area contributed by atoms with E-state index in [0.29, 0.717) is 29.8 Å². The molecule has 3 heterocycles. The van der Waals surface area contributed by atoms with Gasteiger partial charge in [-0.2, -0.15) is 5.26 Å². The van der Waals surface area contributed by atoms with Crippen molar-refractivity contribution >= 4 is 35.1 Å². The SMILES string of the molecule is Cc1cccc(C(=O)N2C[C@H]3CC2C2C(=O)N(c4ccc(C#N)c(Cl)c4C)C(=O)N23)c1. The van der Waals surface area contributed by atoms with Crippen molar-refractivity contribution in [2.45, 2.75) is 38.4 Å². The normalized spacial score (nSPS) is 24.1. The van der Waals surface area contributed by atoms with Crippen molar-refractivity contribution in [3.63, 3.8) is 0 Å². The number of halogens is 1. The van der Waals surface area contributed by atoms with E-state index >= 15 is 0 Å². The summed E-state index contributed by atoms with van der Waals surface area (Å²) in [5.74, 6) is -0.477. The van der Waals surface area contributed by atoms with E-state index in [0.717, 1.165) is 10.5 Å². The van der Waals surface area contributed by atoms with Gasteiger partial charge in [0.05, 0.1) is 28.4 Å². The minimum absolute atomic E-state index is 0.118. The highest BCUT2D eigenvalue weighted by Crippen LogP contribution is 2.44. The van der Waals surface area contributed by atoms with Crippen molar-refractivity contribution in [3.05, 3.63) is 63.7 Å². The second-order valence-electron chi connectivity index (χ2n) is 8.28. The molecule has 2 unspecified atom stereocenters. The lowest BCUT2D eigenvalue weighted by Gasteiger charge is -2.35. The van der Waals surface area contributed by atoms with E-state index in [4.69, 9.17) is 11.6 Å². The summed E-state index contributed by atoms with van der Waals surface area (Å²) in [5, 5.41) is 9.41. The van der Waals surface area contributed by atoms with Crippen molar-refractivity contribution in [2.24, 2.45) is 0 Å². The van der Waals surface area contributed by atoms with E-state index in [1.165, 1.54) is 6.07 Å². The first-order valence-electron chi connectivity index (χ1n) is 10.1. The van der Waals surface area contributed by atoms with Crippen LogP contribution in [0.15, 0.2) is 36.4 Å². The van der Waals surface area contributed by atoms with Crippen LogP contribution in [-0.4, -0.2) is 52.3 Å². The fourth-order valence-electron chi connectivity index (χ4n) is 5.06. The van der Waals surface area contributed by atoms with Crippen LogP contribution >= 0.6 is 11.6 Å².